The van der Waals surface area contributed by atoms with Crippen LogP contribution in [0.15, 0.2) is 6.20 Å². The molecule has 2 N–H and O–H groups in total. The normalized spacial score (nSPS) is 16.0. The lowest BCUT2D eigenvalue weighted by atomic mass is 9.98. The van der Waals surface area contributed by atoms with Gasteiger partial charge in [0.05, 0.1) is 6.20 Å². The zero-order chi connectivity index (χ0) is 21.9. The van der Waals surface area contributed by atoms with E-state index in [0.29, 0.717) is 23.7 Å². The van der Waals surface area contributed by atoms with Gasteiger partial charge in [-0.2, -0.15) is 9.97 Å². The highest BCUT2D eigenvalue weighted by Gasteiger charge is 2.37. The van der Waals surface area contributed by atoms with Crippen LogP contribution in [-0.4, -0.2) is 46.7 Å². The highest BCUT2D eigenvalue weighted by molar-refractivity contribution is 6.74. The third-order valence-corrected chi connectivity index (χ3v) is 10.6. The summed E-state index contributed by atoms with van der Waals surface area (Å²) in [6.07, 6.45) is 7.21. The fourth-order valence-corrected chi connectivity index (χ4v) is 4.24. The molecule has 9 heteroatoms. The number of ether oxygens (including phenoxy) is 1. The van der Waals surface area contributed by atoms with Crippen LogP contribution in [0.3, 0.4) is 0 Å². The number of nitrogens with two attached hydrogens (primary N) is 1. The third-order valence-electron chi connectivity index (χ3n) is 6.11. The average molecular weight is 432 g/mol. The summed E-state index contributed by atoms with van der Waals surface area (Å²) in [5.41, 5.74) is 6.80. The molecule has 3 rings (SSSR count). The molecule has 1 saturated carbocycles. The van der Waals surface area contributed by atoms with Gasteiger partial charge in [0.25, 0.3) is 0 Å². The Morgan fingerprint density at radius 3 is 2.53 bits per heavy atom. The fraction of sp³-hybridized carbons (Fsp3) is 0.667. The minimum absolute atomic E-state index is 0.0791. The lowest BCUT2D eigenvalue weighted by Crippen LogP contribution is -2.41. The monoisotopic (exact) mass is 431 g/mol. The topological polar surface area (TPSA) is 113 Å². The summed E-state index contributed by atoms with van der Waals surface area (Å²) in [7, 11) is -1.90. The molecule has 2 aromatic heterocycles. The molecule has 164 valence electrons. The van der Waals surface area contributed by atoms with Gasteiger partial charge in [0.15, 0.2) is 25.3 Å². The zero-order valence-electron chi connectivity index (χ0n) is 18.7. The van der Waals surface area contributed by atoms with Crippen molar-refractivity contribution in [2.45, 2.75) is 83.5 Å². The number of anilines is 1. The molecular formula is C21H33N5O3Si. The van der Waals surface area contributed by atoms with Gasteiger partial charge in [-0.15, -0.1) is 0 Å². The average Bonchev–Trinajstić information content (AvgIpc) is 2.67. The van der Waals surface area contributed by atoms with Crippen molar-refractivity contribution in [2.24, 2.45) is 0 Å². The van der Waals surface area contributed by atoms with Crippen molar-refractivity contribution in [3.8, 4) is 5.88 Å². The van der Waals surface area contributed by atoms with E-state index in [1.54, 1.807) is 0 Å². The zero-order valence-corrected chi connectivity index (χ0v) is 19.7. The van der Waals surface area contributed by atoms with E-state index in [4.69, 9.17) is 14.9 Å². The van der Waals surface area contributed by atoms with Gasteiger partial charge < -0.3 is 14.9 Å². The van der Waals surface area contributed by atoms with Crippen LogP contribution in [0.2, 0.25) is 18.1 Å². The first-order valence-electron chi connectivity index (χ1n) is 10.7. The van der Waals surface area contributed by atoms with Crippen molar-refractivity contribution in [1.82, 2.24) is 19.9 Å². The summed E-state index contributed by atoms with van der Waals surface area (Å²) in [5.74, 6) is 0.275. The predicted octanol–water partition coefficient (Wildman–Crippen LogP) is 4.31. The number of fused-ring (bicyclic) bond motifs is 1. The largest absolute Gasteiger partial charge is 0.473 e. The molecule has 1 aliphatic carbocycles. The van der Waals surface area contributed by atoms with Crippen LogP contribution < -0.4 is 10.5 Å². The number of rotatable bonds is 7. The van der Waals surface area contributed by atoms with Crippen LogP contribution in [-0.2, 0) is 4.43 Å². The first-order chi connectivity index (χ1) is 14.1. The molecule has 0 spiro atoms. The molecule has 1 aliphatic rings. The van der Waals surface area contributed by atoms with Gasteiger partial charge >= 0.3 is 0 Å². The van der Waals surface area contributed by atoms with Crippen LogP contribution in [0.4, 0.5) is 5.95 Å². The molecule has 0 saturated heterocycles. The number of ketones is 1. The molecule has 0 radical (unpaired) electrons. The molecule has 0 amide bonds. The number of carbonyl (C=O) groups excluding carboxylic acids is 1. The molecule has 2 heterocycles. The van der Waals surface area contributed by atoms with Crippen LogP contribution >= 0.6 is 0 Å². The van der Waals surface area contributed by atoms with E-state index >= 15 is 0 Å². The number of carbonyl (C=O) groups is 1. The molecule has 0 aromatic carbocycles. The summed E-state index contributed by atoms with van der Waals surface area (Å²) < 4.78 is 12.2. The minimum Gasteiger partial charge on any atom is -0.473 e. The van der Waals surface area contributed by atoms with E-state index in [2.05, 4.69) is 53.8 Å². The Hall–Kier alpha value is -2.13. The van der Waals surface area contributed by atoms with Crippen molar-refractivity contribution in [1.29, 1.82) is 0 Å². The van der Waals surface area contributed by atoms with Gasteiger partial charge in [-0.3, -0.25) is 4.79 Å². The summed E-state index contributed by atoms with van der Waals surface area (Å²) in [6, 6.07) is 0. The maximum absolute atomic E-state index is 12.7. The summed E-state index contributed by atoms with van der Waals surface area (Å²) in [4.78, 5) is 29.9. The number of aromatic nitrogens is 4. The first-order valence-corrected chi connectivity index (χ1v) is 13.6. The van der Waals surface area contributed by atoms with Crippen molar-refractivity contribution in [3.05, 3.63) is 11.9 Å². The third kappa shape index (κ3) is 5.31. The molecule has 0 unspecified atom stereocenters. The summed E-state index contributed by atoms with van der Waals surface area (Å²) in [5, 5.41) is 0.0986. The number of hydrogen-bond acceptors (Lipinski definition) is 8. The van der Waals surface area contributed by atoms with E-state index < -0.39 is 8.32 Å². The molecule has 30 heavy (non-hydrogen) atoms. The highest BCUT2D eigenvalue weighted by Crippen LogP contribution is 2.36. The van der Waals surface area contributed by atoms with Gasteiger partial charge in [0.2, 0.25) is 11.8 Å². The van der Waals surface area contributed by atoms with E-state index in [9.17, 15) is 4.79 Å². The smallest absolute Gasteiger partial charge is 0.247 e. The van der Waals surface area contributed by atoms with Gasteiger partial charge in [-0.05, 0) is 43.8 Å². The highest BCUT2D eigenvalue weighted by atomic mass is 28.4. The summed E-state index contributed by atoms with van der Waals surface area (Å²) >= 11 is 0. The standard InChI is InChI=1S/C21H33N5O3Si/c1-21(2,3)30(4,5)28-12-11-16(27)15-13-23-18-17(24-15)19(26-20(22)25-18)29-14-9-7-6-8-10-14/h13-14H,6-12H2,1-5H3,(H2,22,23,25,26). The first kappa shape index (κ1) is 22.5. The van der Waals surface area contributed by atoms with E-state index in [-0.39, 0.29) is 35.0 Å². The molecule has 0 bridgehead atoms. The van der Waals surface area contributed by atoms with Crippen molar-refractivity contribution < 1.29 is 14.0 Å². The van der Waals surface area contributed by atoms with E-state index in [1.807, 2.05) is 0 Å². The van der Waals surface area contributed by atoms with Crippen LogP contribution in [0.5, 0.6) is 5.88 Å². The van der Waals surface area contributed by atoms with Crippen LogP contribution in [0, 0.1) is 0 Å². The van der Waals surface area contributed by atoms with Crippen LogP contribution in [0.25, 0.3) is 11.2 Å². The molecular weight excluding hydrogens is 398 g/mol. The number of nitrogens with zero attached hydrogens (tertiary/aromatic N) is 4. The SMILES string of the molecule is CC(C)(C)[Si](C)(C)OCCC(=O)c1cnc2nc(N)nc(OC3CCCCC3)c2n1. The van der Waals surface area contributed by atoms with Gasteiger partial charge in [0, 0.05) is 13.0 Å². The quantitative estimate of drug-likeness (QED) is 0.510. The molecule has 0 atom stereocenters. The van der Waals surface area contributed by atoms with E-state index in [1.165, 1.54) is 12.6 Å². The predicted molar refractivity (Wildman–Crippen MR) is 119 cm³/mol. The molecule has 1 fully saturated rings. The Morgan fingerprint density at radius 2 is 1.87 bits per heavy atom. The Labute approximate surface area is 179 Å². The Kier molecular flexibility index (Phi) is 6.71. The maximum atomic E-state index is 12.7. The molecule has 2 aromatic rings. The van der Waals surface area contributed by atoms with Crippen molar-refractivity contribution in [3.63, 3.8) is 0 Å². The second kappa shape index (κ2) is 8.93. The van der Waals surface area contributed by atoms with Crippen LogP contribution in [0.1, 0.15) is 69.8 Å². The van der Waals surface area contributed by atoms with Crippen molar-refractivity contribution >= 4 is 31.2 Å². The Balaban J connectivity index is 1.75. The lowest BCUT2D eigenvalue weighted by molar-refractivity contribution is 0.0954. The number of hydrogen-bond donors (Lipinski definition) is 1. The molecule has 8 nitrogen and oxygen atoms in total. The van der Waals surface area contributed by atoms with Gasteiger partial charge in [-0.1, -0.05) is 27.2 Å². The second-order valence-corrected chi connectivity index (χ2v) is 14.3. The molecule has 0 aliphatic heterocycles. The van der Waals surface area contributed by atoms with E-state index in [0.717, 1.165) is 25.7 Å². The van der Waals surface area contributed by atoms with Crippen molar-refractivity contribution in [2.75, 3.05) is 12.3 Å². The maximum Gasteiger partial charge on any atom is 0.247 e. The minimum atomic E-state index is -1.90. The Bertz CT molecular complexity index is 907. The summed E-state index contributed by atoms with van der Waals surface area (Å²) in [6.45, 7) is 11.2. The fourth-order valence-electron chi connectivity index (χ4n) is 3.20. The number of nitrogen functional groups attached to an aromatic ring is 1. The second-order valence-electron chi connectivity index (χ2n) is 9.47. The Morgan fingerprint density at radius 1 is 1.17 bits per heavy atom. The number of Topliss-reactive ketones (excluding diaryl/α,β-unsaturated/α-hetero) is 1. The van der Waals surface area contributed by atoms with Gasteiger partial charge in [-0.25, -0.2) is 9.97 Å². The lowest BCUT2D eigenvalue weighted by Gasteiger charge is -2.36. The van der Waals surface area contributed by atoms with Gasteiger partial charge in [0.1, 0.15) is 11.8 Å².